The van der Waals surface area contributed by atoms with Crippen molar-refractivity contribution in [2.75, 3.05) is 12.4 Å². The van der Waals surface area contributed by atoms with Crippen molar-refractivity contribution in [3.8, 4) is 0 Å². The maximum atomic E-state index is 12.2. The van der Waals surface area contributed by atoms with E-state index >= 15 is 0 Å². The SMILES string of the molecule is CCOC(=O)C(C)(CCCSc1cnn(C)c1)NC(C)C. The number of hydrogen-bond acceptors (Lipinski definition) is 5. The lowest BCUT2D eigenvalue weighted by molar-refractivity contribution is -0.151. The number of carbonyl (C=O) groups is 1. The molecule has 0 fully saturated rings. The van der Waals surface area contributed by atoms with Crippen LogP contribution in [-0.4, -0.2) is 39.7 Å². The van der Waals surface area contributed by atoms with E-state index in [0.29, 0.717) is 6.61 Å². The van der Waals surface area contributed by atoms with Crippen LogP contribution in [0.3, 0.4) is 0 Å². The Morgan fingerprint density at radius 2 is 2.29 bits per heavy atom. The number of aromatic nitrogens is 2. The highest BCUT2D eigenvalue weighted by atomic mass is 32.2. The molecule has 0 bridgehead atoms. The van der Waals surface area contributed by atoms with E-state index in [2.05, 4.69) is 10.4 Å². The van der Waals surface area contributed by atoms with Crippen molar-refractivity contribution in [2.45, 2.75) is 57.0 Å². The topological polar surface area (TPSA) is 56.1 Å². The van der Waals surface area contributed by atoms with E-state index in [1.54, 1.807) is 16.4 Å². The first-order chi connectivity index (χ1) is 9.87. The Balaban J connectivity index is 2.47. The minimum Gasteiger partial charge on any atom is -0.465 e. The van der Waals surface area contributed by atoms with Gasteiger partial charge >= 0.3 is 5.97 Å². The van der Waals surface area contributed by atoms with Crippen LogP contribution in [0, 0.1) is 0 Å². The molecule has 0 aromatic carbocycles. The number of rotatable bonds is 9. The molecule has 1 unspecified atom stereocenters. The number of hydrogen-bond donors (Lipinski definition) is 1. The van der Waals surface area contributed by atoms with Crippen molar-refractivity contribution in [2.24, 2.45) is 7.05 Å². The molecule has 1 aromatic heterocycles. The van der Waals surface area contributed by atoms with E-state index in [-0.39, 0.29) is 12.0 Å². The number of aryl methyl sites for hydroxylation is 1. The fourth-order valence-corrected chi connectivity index (χ4v) is 3.12. The highest BCUT2D eigenvalue weighted by Crippen LogP contribution is 2.22. The van der Waals surface area contributed by atoms with Gasteiger partial charge in [0.2, 0.25) is 0 Å². The van der Waals surface area contributed by atoms with Gasteiger partial charge in [-0.05, 0) is 46.3 Å². The Hall–Kier alpha value is -1.01. The molecule has 0 radical (unpaired) electrons. The monoisotopic (exact) mass is 313 g/mol. The highest BCUT2D eigenvalue weighted by molar-refractivity contribution is 7.99. The summed E-state index contributed by atoms with van der Waals surface area (Å²) in [6, 6.07) is 0.241. The van der Waals surface area contributed by atoms with Crippen molar-refractivity contribution in [1.29, 1.82) is 0 Å². The van der Waals surface area contributed by atoms with Crippen molar-refractivity contribution in [3.63, 3.8) is 0 Å². The molecule has 0 saturated heterocycles. The van der Waals surface area contributed by atoms with Crippen LogP contribution < -0.4 is 5.32 Å². The summed E-state index contributed by atoms with van der Waals surface area (Å²) in [5.41, 5.74) is -0.611. The molecular formula is C15H27N3O2S. The van der Waals surface area contributed by atoms with Crippen LogP contribution in [0.4, 0.5) is 0 Å². The Bertz CT molecular complexity index is 448. The molecule has 1 atom stereocenters. The molecule has 0 amide bonds. The second kappa shape index (κ2) is 8.44. The van der Waals surface area contributed by atoms with Gasteiger partial charge in [-0.2, -0.15) is 5.10 Å². The number of nitrogens with zero attached hydrogens (tertiary/aromatic N) is 2. The zero-order valence-electron chi connectivity index (χ0n) is 13.7. The lowest BCUT2D eigenvalue weighted by Gasteiger charge is -2.30. The summed E-state index contributed by atoms with van der Waals surface area (Å²) >= 11 is 1.76. The van der Waals surface area contributed by atoms with Crippen LogP contribution in [0.15, 0.2) is 17.3 Å². The number of esters is 1. The van der Waals surface area contributed by atoms with Crippen LogP contribution >= 0.6 is 11.8 Å². The third-order valence-corrected chi connectivity index (χ3v) is 4.14. The standard InChI is InChI=1S/C15H27N3O2S/c1-6-20-14(19)15(4,17-12(2)3)8-7-9-21-13-10-16-18(5)11-13/h10-12,17H,6-9H2,1-5H3. The first-order valence-corrected chi connectivity index (χ1v) is 8.42. The van der Waals surface area contributed by atoms with Crippen LogP contribution in [0.2, 0.25) is 0 Å². The summed E-state index contributed by atoms with van der Waals surface area (Å²) in [4.78, 5) is 13.3. The molecular weight excluding hydrogens is 286 g/mol. The van der Waals surface area contributed by atoms with Crippen LogP contribution in [0.1, 0.15) is 40.5 Å². The van der Waals surface area contributed by atoms with Gasteiger partial charge in [-0.3, -0.25) is 14.8 Å². The number of thioether (sulfide) groups is 1. The van der Waals surface area contributed by atoms with E-state index in [4.69, 9.17) is 4.74 Å². The summed E-state index contributed by atoms with van der Waals surface area (Å²) in [5, 5.41) is 7.49. The molecule has 0 aliphatic rings. The van der Waals surface area contributed by atoms with Crippen LogP contribution in [-0.2, 0) is 16.6 Å². The number of carbonyl (C=O) groups excluding carboxylic acids is 1. The van der Waals surface area contributed by atoms with Crippen molar-refractivity contribution < 1.29 is 9.53 Å². The van der Waals surface area contributed by atoms with Crippen LogP contribution in [0.5, 0.6) is 0 Å². The summed E-state index contributed by atoms with van der Waals surface area (Å²) < 4.78 is 7.00. The maximum absolute atomic E-state index is 12.2. The largest absolute Gasteiger partial charge is 0.465 e. The number of ether oxygens (including phenoxy) is 1. The predicted octanol–water partition coefficient (Wildman–Crippen LogP) is 2.61. The van der Waals surface area contributed by atoms with E-state index in [9.17, 15) is 4.79 Å². The third-order valence-electron chi connectivity index (χ3n) is 3.10. The molecule has 0 spiro atoms. The second-order valence-electron chi connectivity index (χ2n) is 5.65. The van der Waals surface area contributed by atoms with Gasteiger partial charge in [0.1, 0.15) is 5.54 Å². The average molecular weight is 313 g/mol. The molecule has 21 heavy (non-hydrogen) atoms. The fraction of sp³-hybridized carbons (Fsp3) is 0.733. The Labute approximate surface area is 131 Å². The van der Waals surface area contributed by atoms with Gasteiger partial charge in [0.25, 0.3) is 0 Å². The Morgan fingerprint density at radius 3 is 2.81 bits per heavy atom. The van der Waals surface area contributed by atoms with Gasteiger partial charge < -0.3 is 4.74 Å². The van der Waals surface area contributed by atoms with E-state index in [0.717, 1.165) is 23.5 Å². The Kier molecular flexibility index (Phi) is 7.25. The molecule has 0 aliphatic carbocycles. The minimum absolute atomic E-state index is 0.162. The fourth-order valence-electron chi connectivity index (χ4n) is 2.25. The molecule has 1 aromatic rings. The predicted molar refractivity (Wildman–Crippen MR) is 86.5 cm³/mol. The van der Waals surface area contributed by atoms with Crippen molar-refractivity contribution >= 4 is 17.7 Å². The molecule has 1 heterocycles. The molecule has 120 valence electrons. The van der Waals surface area contributed by atoms with Crippen molar-refractivity contribution in [3.05, 3.63) is 12.4 Å². The molecule has 6 heteroatoms. The molecule has 0 aliphatic heterocycles. The summed E-state index contributed by atoms with van der Waals surface area (Å²) in [6.07, 6.45) is 5.56. The second-order valence-corrected chi connectivity index (χ2v) is 6.82. The van der Waals surface area contributed by atoms with Gasteiger partial charge in [0.15, 0.2) is 0 Å². The molecule has 0 saturated carbocycles. The minimum atomic E-state index is -0.611. The lowest BCUT2D eigenvalue weighted by Crippen LogP contribution is -2.53. The zero-order chi connectivity index (χ0) is 15.9. The highest BCUT2D eigenvalue weighted by Gasteiger charge is 2.34. The first-order valence-electron chi connectivity index (χ1n) is 7.43. The number of nitrogens with one attached hydrogen (secondary N) is 1. The summed E-state index contributed by atoms with van der Waals surface area (Å²) in [5.74, 6) is 0.797. The van der Waals surface area contributed by atoms with Crippen molar-refractivity contribution in [1.82, 2.24) is 15.1 Å². The van der Waals surface area contributed by atoms with Crippen LogP contribution in [0.25, 0.3) is 0 Å². The zero-order valence-corrected chi connectivity index (χ0v) is 14.5. The average Bonchev–Trinajstić information content (AvgIpc) is 2.80. The van der Waals surface area contributed by atoms with Gasteiger partial charge in [-0.25, -0.2) is 0 Å². The van der Waals surface area contributed by atoms with E-state index < -0.39 is 5.54 Å². The maximum Gasteiger partial charge on any atom is 0.326 e. The van der Waals surface area contributed by atoms with E-state index in [1.165, 1.54) is 0 Å². The van der Waals surface area contributed by atoms with Gasteiger partial charge in [-0.1, -0.05) is 0 Å². The molecule has 5 nitrogen and oxygen atoms in total. The Morgan fingerprint density at radius 1 is 1.57 bits per heavy atom. The van der Waals surface area contributed by atoms with Gasteiger partial charge in [0.05, 0.1) is 12.8 Å². The summed E-state index contributed by atoms with van der Waals surface area (Å²) in [7, 11) is 1.91. The van der Waals surface area contributed by atoms with Gasteiger partial charge in [0, 0.05) is 24.2 Å². The molecule has 1 N–H and O–H groups in total. The first kappa shape index (κ1) is 18.0. The quantitative estimate of drug-likeness (QED) is 0.431. The smallest absolute Gasteiger partial charge is 0.326 e. The summed E-state index contributed by atoms with van der Waals surface area (Å²) in [6.45, 7) is 8.27. The lowest BCUT2D eigenvalue weighted by atomic mass is 9.95. The third kappa shape index (κ3) is 6.09. The molecule has 1 rings (SSSR count). The normalized spacial score (nSPS) is 14.2. The van der Waals surface area contributed by atoms with E-state index in [1.807, 2.05) is 47.1 Å². The van der Waals surface area contributed by atoms with Gasteiger partial charge in [-0.15, -0.1) is 11.8 Å².